The van der Waals surface area contributed by atoms with Crippen LogP contribution in [0.4, 0.5) is 0 Å². The van der Waals surface area contributed by atoms with Crippen molar-refractivity contribution in [2.24, 2.45) is 4.52 Å². The molecule has 2 aromatic rings. The van der Waals surface area contributed by atoms with Crippen molar-refractivity contribution in [3.05, 3.63) is 64.5 Å². The summed E-state index contributed by atoms with van der Waals surface area (Å²) in [6, 6.07) is 12.9. The van der Waals surface area contributed by atoms with E-state index in [-0.39, 0.29) is 10.8 Å². The molecule has 7 nitrogen and oxygen atoms in total. The first-order valence-electron chi connectivity index (χ1n) is 6.58. The minimum absolute atomic E-state index is 0.0837. The highest BCUT2D eigenvalue weighted by Gasteiger charge is 2.12. The number of nitrogens with zero attached hydrogens (tertiary/aromatic N) is 4. The van der Waals surface area contributed by atoms with Gasteiger partial charge in [0.25, 0.3) is 15.9 Å². The van der Waals surface area contributed by atoms with Crippen LogP contribution in [-0.2, 0) is 10.0 Å². The van der Waals surface area contributed by atoms with E-state index in [1.165, 1.54) is 17.0 Å². The van der Waals surface area contributed by atoms with Crippen molar-refractivity contribution >= 4 is 15.9 Å². The van der Waals surface area contributed by atoms with Gasteiger partial charge in [-0.1, -0.05) is 24.3 Å². The highest BCUT2D eigenvalue weighted by Crippen LogP contribution is 2.23. The largest absolute Gasteiger partial charge is 0.345 e. The zero-order valence-corrected chi connectivity index (χ0v) is 13.4. The highest BCUT2D eigenvalue weighted by atomic mass is 32.2. The Bertz CT molecular complexity index is 883. The molecule has 0 saturated carbocycles. The predicted molar refractivity (Wildman–Crippen MR) is 86.2 cm³/mol. The van der Waals surface area contributed by atoms with Crippen LogP contribution >= 0.6 is 0 Å². The van der Waals surface area contributed by atoms with E-state index in [1.807, 2.05) is 6.07 Å². The first-order valence-corrected chi connectivity index (χ1v) is 8.02. The molecule has 23 heavy (non-hydrogen) atoms. The number of benzene rings is 2. The lowest BCUT2D eigenvalue weighted by Gasteiger charge is -2.11. The van der Waals surface area contributed by atoms with Crippen LogP contribution in [0, 0.1) is 0 Å². The summed E-state index contributed by atoms with van der Waals surface area (Å²) < 4.78 is 26.0. The van der Waals surface area contributed by atoms with E-state index in [1.54, 1.807) is 44.4 Å². The Labute approximate surface area is 133 Å². The summed E-state index contributed by atoms with van der Waals surface area (Å²) in [5.41, 5.74) is 10.3. The molecule has 2 rings (SSSR count). The van der Waals surface area contributed by atoms with Gasteiger partial charge in [0.2, 0.25) is 0 Å². The van der Waals surface area contributed by atoms with Crippen LogP contribution < -0.4 is 0 Å². The van der Waals surface area contributed by atoms with E-state index in [0.29, 0.717) is 5.56 Å². The van der Waals surface area contributed by atoms with Gasteiger partial charge in [-0.3, -0.25) is 4.79 Å². The second kappa shape index (κ2) is 6.51. The van der Waals surface area contributed by atoms with Gasteiger partial charge in [-0.05, 0) is 40.9 Å². The zero-order chi connectivity index (χ0) is 17.0. The second-order valence-electron chi connectivity index (χ2n) is 4.95. The molecular weight excluding hydrogens is 316 g/mol. The first-order chi connectivity index (χ1) is 10.8. The van der Waals surface area contributed by atoms with Crippen molar-refractivity contribution < 1.29 is 13.2 Å². The summed E-state index contributed by atoms with van der Waals surface area (Å²) in [5.74, 6) is -0.116. The molecule has 0 spiro atoms. The Hall–Kier alpha value is -2.83. The molecule has 0 atom stereocenters. The molecule has 0 bridgehead atoms. The Morgan fingerprint density at radius 1 is 1.09 bits per heavy atom. The molecule has 0 aromatic heterocycles. The quantitative estimate of drug-likeness (QED) is 0.489. The second-order valence-corrected chi connectivity index (χ2v) is 6.54. The van der Waals surface area contributed by atoms with E-state index in [2.05, 4.69) is 9.43 Å². The number of carbonyl (C=O) groups excluding carboxylic acids is 1. The van der Waals surface area contributed by atoms with E-state index >= 15 is 0 Å². The van der Waals surface area contributed by atoms with Gasteiger partial charge in [0, 0.05) is 29.1 Å². The van der Waals surface area contributed by atoms with Gasteiger partial charge in [0.05, 0.1) is 4.90 Å². The summed E-state index contributed by atoms with van der Waals surface area (Å²) in [5, 5.41) is 0. The average Bonchev–Trinajstić information content (AvgIpc) is 2.54. The zero-order valence-electron chi connectivity index (χ0n) is 12.5. The minimum atomic E-state index is -3.99. The fourth-order valence-corrected chi connectivity index (χ4v) is 2.67. The number of sulfonamides is 1. The van der Waals surface area contributed by atoms with Crippen LogP contribution in [0.1, 0.15) is 10.4 Å². The van der Waals surface area contributed by atoms with Gasteiger partial charge >= 0.3 is 0 Å². The van der Waals surface area contributed by atoms with Crippen molar-refractivity contribution in [3.8, 4) is 11.1 Å². The third-order valence-corrected chi connectivity index (χ3v) is 4.30. The Balaban J connectivity index is 2.39. The van der Waals surface area contributed by atoms with Crippen molar-refractivity contribution in [2.75, 3.05) is 14.1 Å². The molecule has 2 aromatic carbocycles. The lowest BCUT2D eigenvalue weighted by molar-refractivity contribution is 0.0827. The van der Waals surface area contributed by atoms with Crippen LogP contribution in [0.2, 0.25) is 0 Å². The molecule has 1 amide bonds. The van der Waals surface area contributed by atoms with Gasteiger partial charge in [-0.15, -0.1) is 0 Å². The highest BCUT2D eigenvalue weighted by molar-refractivity contribution is 7.90. The average molecular weight is 330 g/mol. The van der Waals surface area contributed by atoms with Crippen LogP contribution in [0.25, 0.3) is 21.6 Å². The third-order valence-electron chi connectivity index (χ3n) is 3.15. The van der Waals surface area contributed by atoms with E-state index < -0.39 is 10.0 Å². The Morgan fingerprint density at radius 2 is 1.74 bits per heavy atom. The standard InChI is InChI=1S/C15H14N4O3S/c1-19(2)15(20)13-5-3-4-12(10-13)11-6-8-14(9-7-11)23(21,22)18-17-16/h3-10H,1-2H3. The number of carbonyl (C=O) groups is 1. The Kier molecular flexibility index (Phi) is 4.68. The number of hydrogen-bond acceptors (Lipinski definition) is 3. The molecule has 0 radical (unpaired) electrons. The third kappa shape index (κ3) is 3.68. The fraction of sp³-hybridized carbons (Fsp3) is 0.133. The normalized spacial score (nSPS) is 10.7. The molecule has 0 heterocycles. The number of amides is 1. The maximum Gasteiger partial charge on any atom is 0.264 e. The smallest absolute Gasteiger partial charge is 0.264 e. The molecule has 8 heteroatoms. The SMILES string of the molecule is CN(C)C(=O)c1cccc(-c2ccc(S(=O)(=O)N=[N+]=[N-])cc2)c1. The van der Waals surface area contributed by atoms with E-state index in [9.17, 15) is 13.2 Å². The van der Waals surface area contributed by atoms with Gasteiger partial charge in [-0.2, -0.15) is 0 Å². The lowest BCUT2D eigenvalue weighted by atomic mass is 10.0. The summed E-state index contributed by atoms with van der Waals surface area (Å²) in [6.07, 6.45) is 0. The van der Waals surface area contributed by atoms with Gasteiger partial charge in [0.1, 0.15) is 0 Å². The number of azide groups is 1. The van der Waals surface area contributed by atoms with E-state index in [0.717, 1.165) is 11.1 Å². The summed E-state index contributed by atoms with van der Waals surface area (Å²) in [7, 11) is -0.653. The number of rotatable bonds is 4. The Morgan fingerprint density at radius 3 is 2.30 bits per heavy atom. The van der Waals surface area contributed by atoms with Crippen LogP contribution in [-0.4, -0.2) is 33.3 Å². The van der Waals surface area contributed by atoms with Crippen LogP contribution in [0.15, 0.2) is 57.9 Å². The lowest BCUT2D eigenvalue weighted by Crippen LogP contribution is -2.21. The summed E-state index contributed by atoms with van der Waals surface area (Å²) >= 11 is 0. The maximum absolute atomic E-state index is 12.0. The number of hydrogen-bond donors (Lipinski definition) is 0. The molecule has 118 valence electrons. The van der Waals surface area contributed by atoms with Crippen molar-refractivity contribution in [1.29, 1.82) is 0 Å². The van der Waals surface area contributed by atoms with Gasteiger partial charge < -0.3 is 4.90 Å². The first kappa shape index (κ1) is 16.5. The summed E-state index contributed by atoms with van der Waals surface area (Å²) in [6.45, 7) is 0. The molecule has 0 saturated heterocycles. The van der Waals surface area contributed by atoms with Crippen molar-refractivity contribution in [1.82, 2.24) is 4.90 Å². The molecular formula is C15H14N4O3S. The molecule has 0 fully saturated rings. The fourth-order valence-electron chi connectivity index (χ4n) is 2.00. The minimum Gasteiger partial charge on any atom is -0.345 e. The van der Waals surface area contributed by atoms with E-state index in [4.69, 9.17) is 5.53 Å². The predicted octanol–water partition coefficient (Wildman–Crippen LogP) is 3.05. The molecule has 0 N–H and O–H groups in total. The maximum atomic E-state index is 12.0. The molecule has 0 unspecified atom stereocenters. The molecule has 0 aliphatic heterocycles. The van der Waals surface area contributed by atoms with Gasteiger partial charge in [0.15, 0.2) is 0 Å². The molecule has 0 aliphatic rings. The van der Waals surface area contributed by atoms with Crippen molar-refractivity contribution in [2.45, 2.75) is 4.90 Å². The van der Waals surface area contributed by atoms with Gasteiger partial charge in [-0.25, -0.2) is 8.42 Å². The summed E-state index contributed by atoms with van der Waals surface area (Å²) in [4.78, 5) is 15.7. The topological polar surface area (TPSA) is 103 Å². The van der Waals surface area contributed by atoms with Crippen LogP contribution in [0.5, 0.6) is 0 Å². The monoisotopic (exact) mass is 330 g/mol. The van der Waals surface area contributed by atoms with Crippen molar-refractivity contribution in [3.63, 3.8) is 0 Å². The van der Waals surface area contributed by atoms with Crippen LogP contribution in [0.3, 0.4) is 0 Å². The molecule has 0 aliphatic carbocycles.